The van der Waals surface area contributed by atoms with Gasteiger partial charge in [0.1, 0.15) is 16.1 Å². The van der Waals surface area contributed by atoms with Gasteiger partial charge in [0.2, 0.25) is 5.91 Å². The molecule has 9 nitrogen and oxygen atoms in total. The number of pyridine rings is 1. The number of aryl methyl sites for hydroxylation is 1. The van der Waals surface area contributed by atoms with Gasteiger partial charge in [-0.15, -0.1) is 11.3 Å². The number of hydrogen-bond acceptors (Lipinski definition) is 7. The van der Waals surface area contributed by atoms with Gasteiger partial charge in [-0.05, 0) is 61.7 Å². The topological polar surface area (TPSA) is 100 Å². The van der Waals surface area contributed by atoms with E-state index < -0.39 is 16.1 Å². The van der Waals surface area contributed by atoms with E-state index in [0.29, 0.717) is 18.8 Å². The second-order valence-electron chi connectivity index (χ2n) is 10.4. The summed E-state index contributed by atoms with van der Waals surface area (Å²) in [5.74, 6) is 0.483. The molecule has 5 rings (SSSR count). The Bertz CT molecular complexity index is 1550. The van der Waals surface area contributed by atoms with Gasteiger partial charge in [0.05, 0.1) is 11.0 Å². The average molecular weight is 595 g/mol. The molecule has 1 amide bonds. The summed E-state index contributed by atoms with van der Waals surface area (Å²) in [7, 11) is -3.79. The molecule has 0 bridgehead atoms. The highest BCUT2D eigenvalue weighted by Crippen LogP contribution is 2.28. The number of nitrogens with zero attached hydrogens (tertiary/aromatic N) is 5. The fourth-order valence-corrected chi connectivity index (χ4v) is 8.15. The van der Waals surface area contributed by atoms with Gasteiger partial charge in [-0.25, -0.2) is 13.4 Å². The largest absolute Gasteiger partial charge is 0.325 e. The van der Waals surface area contributed by atoms with Crippen molar-refractivity contribution in [1.29, 1.82) is 0 Å². The lowest BCUT2D eigenvalue weighted by Gasteiger charge is -2.39. The summed E-state index contributed by atoms with van der Waals surface area (Å²) >= 11 is 1.18. The average Bonchev–Trinajstić information content (AvgIpc) is 3.66. The number of anilines is 1. The van der Waals surface area contributed by atoms with E-state index in [1.54, 1.807) is 29.9 Å². The molecule has 0 radical (unpaired) electrons. The molecular formula is C30H38N6O3S2. The monoisotopic (exact) mass is 594 g/mol. The summed E-state index contributed by atoms with van der Waals surface area (Å²) in [4.78, 5) is 25.1. The number of sulfonamides is 1. The van der Waals surface area contributed by atoms with Crippen LogP contribution in [0.3, 0.4) is 0 Å². The molecule has 3 aromatic heterocycles. The molecule has 11 heteroatoms. The first-order valence-electron chi connectivity index (χ1n) is 14.4. The van der Waals surface area contributed by atoms with Crippen molar-refractivity contribution in [2.24, 2.45) is 0 Å². The number of aromatic nitrogens is 3. The Kier molecular flexibility index (Phi) is 9.49. The van der Waals surface area contributed by atoms with Crippen molar-refractivity contribution in [2.75, 3.05) is 31.5 Å². The predicted octanol–water partition coefficient (Wildman–Crippen LogP) is 5.46. The van der Waals surface area contributed by atoms with E-state index in [9.17, 15) is 13.2 Å². The standard InChI is InChI=1S/C30H38N6O3S2/c1-3-5-6-7-8-16-34-17-18-36(41(38,39)28-12-10-19-40-28)27(22-34)30(37)32-24-13-14-26-25(20-24)33-29(35(26)4-2)23-11-9-15-31-21-23/h9-15,19-21,27H,3-8,16-18,22H2,1-2H3,(H,32,37)/t27-/m0/s1. The summed E-state index contributed by atoms with van der Waals surface area (Å²) in [5.41, 5.74) is 3.22. The first-order chi connectivity index (χ1) is 19.9. The van der Waals surface area contributed by atoms with Crippen LogP contribution in [0.25, 0.3) is 22.4 Å². The second kappa shape index (κ2) is 13.2. The molecule has 218 valence electrons. The van der Waals surface area contributed by atoms with Crippen molar-refractivity contribution >= 4 is 44.0 Å². The molecule has 0 aliphatic carbocycles. The number of carbonyl (C=O) groups is 1. The van der Waals surface area contributed by atoms with Gasteiger partial charge in [0.25, 0.3) is 10.0 Å². The van der Waals surface area contributed by atoms with Gasteiger partial charge < -0.3 is 9.88 Å². The SMILES string of the molecule is CCCCCCCN1CCN(S(=O)(=O)c2cccs2)[C@H](C(=O)Nc2ccc3c(c2)nc(-c2cccnc2)n3CC)C1. The maximum atomic E-state index is 13.8. The molecule has 1 aliphatic rings. The van der Waals surface area contributed by atoms with Crippen LogP contribution >= 0.6 is 11.3 Å². The number of benzene rings is 1. The summed E-state index contributed by atoms with van der Waals surface area (Å²) in [6.07, 6.45) is 9.32. The summed E-state index contributed by atoms with van der Waals surface area (Å²) < 4.78 is 30.9. The van der Waals surface area contributed by atoms with Crippen LogP contribution in [0.2, 0.25) is 0 Å². The lowest BCUT2D eigenvalue weighted by Crippen LogP contribution is -2.59. The van der Waals surface area contributed by atoms with Crippen LogP contribution in [-0.2, 0) is 21.4 Å². The number of fused-ring (bicyclic) bond motifs is 1. The third-order valence-electron chi connectivity index (χ3n) is 7.61. The van der Waals surface area contributed by atoms with E-state index in [0.717, 1.165) is 48.4 Å². The molecule has 1 aliphatic heterocycles. The van der Waals surface area contributed by atoms with Crippen LogP contribution in [-0.4, -0.2) is 70.3 Å². The second-order valence-corrected chi connectivity index (χ2v) is 13.5. The van der Waals surface area contributed by atoms with Gasteiger partial charge in [-0.2, -0.15) is 4.31 Å². The van der Waals surface area contributed by atoms with E-state index in [1.807, 2.05) is 30.3 Å². The minimum Gasteiger partial charge on any atom is -0.325 e. The van der Waals surface area contributed by atoms with E-state index in [-0.39, 0.29) is 16.7 Å². The van der Waals surface area contributed by atoms with E-state index in [4.69, 9.17) is 4.98 Å². The van der Waals surface area contributed by atoms with E-state index in [2.05, 4.69) is 33.6 Å². The number of imidazole rings is 1. The smallest absolute Gasteiger partial charge is 0.253 e. The van der Waals surface area contributed by atoms with Crippen LogP contribution < -0.4 is 5.32 Å². The fraction of sp³-hybridized carbons (Fsp3) is 0.433. The van der Waals surface area contributed by atoms with E-state index >= 15 is 0 Å². The first kappa shape index (κ1) is 29.4. The zero-order chi connectivity index (χ0) is 28.8. The molecule has 1 atom stereocenters. The number of unbranched alkanes of at least 4 members (excludes halogenated alkanes) is 4. The lowest BCUT2D eigenvalue weighted by atomic mass is 10.1. The molecule has 1 aromatic carbocycles. The lowest BCUT2D eigenvalue weighted by molar-refractivity contribution is -0.121. The zero-order valence-electron chi connectivity index (χ0n) is 23.7. The Morgan fingerprint density at radius 2 is 1.93 bits per heavy atom. The number of rotatable bonds is 12. The molecule has 1 saturated heterocycles. The minimum atomic E-state index is -3.79. The molecule has 0 saturated carbocycles. The van der Waals surface area contributed by atoms with Crippen molar-refractivity contribution < 1.29 is 13.2 Å². The molecule has 1 N–H and O–H groups in total. The number of nitrogens with one attached hydrogen (secondary N) is 1. The van der Waals surface area contributed by atoms with Gasteiger partial charge in [-0.1, -0.05) is 38.7 Å². The first-order valence-corrected chi connectivity index (χ1v) is 16.7. The highest BCUT2D eigenvalue weighted by atomic mass is 32.2. The van der Waals surface area contributed by atoms with Gasteiger partial charge in [-0.3, -0.25) is 14.7 Å². The molecule has 4 heterocycles. The third kappa shape index (κ3) is 6.53. The van der Waals surface area contributed by atoms with Gasteiger partial charge >= 0.3 is 0 Å². The van der Waals surface area contributed by atoms with Crippen molar-refractivity contribution in [2.45, 2.75) is 62.7 Å². The quantitative estimate of drug-likeness (QED) is 0.219. The van der Waals surface area contributed by atoms with Crippen LogP contribution in [0.4, 0.5) is 5.69 Å². The maximum Gasteiger partial charge on any atom is 0.253 e. The predicted molar refractivity (Wildman–Crippen MR) is 164 cm³/mol. The third-order valence-corrected chi connectivity index (χ3v) is 10.9. The highest BCUT2D eigenvalue weighted by molar-refractivity contribution is 7.91. The summed E-state index contributed by atoms with van der Waals surface area (Å²) in [6, 6.07) is 12.0. The van der Waals surface area contributed by atoms with Crippen LogP contribution in [0.5, 0.6) is 0 Å². The Balaban J connectivity index is 1.38. The van der Waals surface area contributed by atoms with Gasteiger partial charge in [0.15, 0.2) is 0 Å². The molecular weight excluding hydrogens is 557 g/mol. The van der Waals surface area contributed by atoms with Crippen molar-refractivity contribution in [3.63, 3.8) is 0 Å². The molecule has 0 unspecified atom stereocenters. The number of thiophene rings is 1. The Labute approximate surface area is 246 Å². The summed E-state index contributed by atoms with van der Waals surface area (Å²) in [6.45, 7) is 7.11. The molecule has 0 spiro atoms. The number of hydrogen-bond donors (Lipinski definition) is 1. The maximum absolute atomic E-state index is 13.8. The van der Waals surface area contributed by atoms with Crippen LogP contribution in [0.1, 0.15) is 46.0 Å². The Morgan fingerprint density at radius 3 is 2.66 bits per heavy atom. The zero-order valence-corrected chi connectivity index (χ0v) is 25.3. The van der Waals surface area contributed by atoms with Crippen molar-refractivity contribution in [3.8, 4) is 11.4 Å². The summed E-state index contributed by atoms with van der Waals surface area (Å²) in [5, 5.41) is 4.76. The Hall–Kier alpha value is -3.12. The van der Waals surface area contributed by atoms with Crippen molar-refractivity contribution in [1.82, 2.24) is 23.7 Å². The van der Waals surface area contributed by atoms with Crippen LogP contribution in [0, 0.1) is 0 Å². The van der Waals surface area contributed by atoms with Crippen LogP contribution in [0.15, 0.2) is 64.4 Å². The number of amides is 1. The van der Waals surface area contributed by atoms with E-state index in [1.165, 1.54) is 34.9 Å². The molecule has 41 heavy (non-hydrogen) atoms. The number of piperazine rings is 1. The van der Waals surface area contributed by atoms with Gasteiger partial charge in [0, 0.05) is 49.8 Å². The minimum absolute atomic E-state index is 0.262. The molecule has 4 aromatic rings. The van der Waals surface area contributed by atoms with Crippen molar-refractivity contribution in [3.05, 3.63) is 60.2 Å². The highest BCUT2D eigenvalue weighted by Gasteiger charge is 2.40. The number of carbonyl (C=O) groups excluding carboxylic acids is 1. The fourth-order valence-electron chi connectivity index (χ4n) is 5.46. The normalized spacial score (nSPS) is 16.8. The Morgan fingerprint density at radius 1 is 1.07 bits per heavy atom. The molecule has 1 fully saturated rings.